The maximum absolute atomic E-state index is 12.1. The molecule has 2 heterocycles. The second kappa shape index (κ2) is 5.67. The molecule has 3 rings (SSSR count). The molecule has 1 atom stereocenters. The molecular formula is C15H20N2O3S. The number of sulfone groups is 1. The smallest absolute Gasteiger partial charge is 0.239 e. The van der Waals surface area contributed by atoms with Crippen LogP contribution in [0.5, 0.6) is 0 Å². The van der Waals surface area contributed by atoms with Crippen LogP contribution < -0.4 is 10.2 Å². The fourth-order valence-electron chi connectivity index (χ4n) is 3.13. The van der Waals surface area contributed by atoms with Gasteiger partial charge < -0.3 is 10.2 Å². The lowest BCUT2D eigenvalue weighted by Crippen LogP contribution is -2.44. The third-order valence-corrected chi connectivity index (χ3v) is 5.91. The maximum atomic E-state index is 12.1. The van der Waals surface area contributed by atoms with Crippen LogP contribution in [-0.2, 0) is 21.1 Å². The van der Waals surface area contributed by atoms with Crippen molar-refractivity contribution in [2.45, 2.75) is 25.3 Å². The molecule has 0 aliphatic carbocycles. The molecule has 2 aliphatic heterocycles. The first-order valence-electron chi connectivity index (χ1n) is 7.36. The number of aryl methyl sites for hydroxylation is 1. The van der Waals surface area contributed by atoms with Crippen molar-refractivity contribution in [1.29, 1.82) is 0 Å². The van der Waals surface area contributed by atoms with Gasteiger partial charge in [0.15, 0.2) is 9.84 Å². The average molecular weight is 308 g/mol. The molecule has 114 valence electrons. The molecule has 1 fully saturated rings. The Balaban J connectivity index is 1.61. The van der Waals surface area contributed by atoms with Crippen LogP contribution in [-0.4, -0.2) is 45.0 Å². The van der Waals surface area contributed by atoms with E-state index in [0.29, 0.717) is 13.0 Å². The third kappa shape index (κ3) is 3.37. The van der Waals surface area contributed by atoms with E-state index in [-0.39, 0.29) is 23.5 Å². The summed E-state index contributed by atoms with van der Waals surface area (Å²) in [6, 6.07) is 7.93. The number of anilines is 1. The van der Waals surface area contributed by atoms with Gasteiger partial charge in [0.1, 0.15) is 0 Å². The molecule has 0 unspecified atom stereocenters. The Morgan fingerprint density at radius 2 is 2.14 bits per heavy atom. The number of hydrogen-bond donors (Lipinski definition) is 1. The highest BCUT2D eigenvalue weighted by Gasteiger charge is 2.29. The van der Waals surface area contributed by atoms with Crippen LogP contribution in [0.1, 0.15) is 18.4 Å². The average Bonchev–Trinajstić information content (AvgIpc) is 2.78. The van der Waals surface area contributed by atoms with Crippen molar-refractivity contribution in [3.05, 3.63) is 29.8 Å². The summed E-state index contributed by atoms with van der Waals surface area (Å²) >= 11 is 0. The lowest BCUT2D eigenvalue weighted by Gasteiger charge is -2.31. The molecule has 1 amide bonds. The van der Waals surface area contributed by atoms with Crippen LogP contribution in [0.4, 0.5) is 5.69 Å². The largest absolute Gasteiger partial charge is 0.362 e. The van der Waals surface area contributed by atoms with Crippen LogP contribution in [0.25, 0.3) is 0 Å². The Kier molecular flexibility index (Phi) is 3.89. The van der Waals surface area contributed by atoms with Crippen LogP contribution >= 0.6 is 0 Å². The van der Waals surface area contributed by atoms with E-state index in [9.17, 15) is 13.2 Å². The Bertz CT molecular complexity index is 642. The van der Waals surface area contributed by atoms with Crippen LogP contribution in [0.3, 0.4) is 0 Å². The Labute approximate surface area is 125 Å². The normalized spacial score (nSPS) is 23.6. The van der Waals surface area contributed by atoms with E-state index in [1.807, 2.05) is 18.2 Å². The maximum Gasteiger partial charge on any atom is 0.239 e. The van der Waals surface area contributed by atoms with Crippen LogP contribution in [0.15, 0.2) is 24.3 Å². The zero-order valence-electron chi connectivity index (χ0n) is 11.9. The van der Waals surface area contributed by atoms with Crippen LogP contribution in [0.2, 0.25) is 0 Å². The van der Waals surface area contributed by atoms with Crippen molar-refractivity contribution in [3.8, 4) is 0 Å². The predicted molar refractivity (Wildman–Crippen MR) is 82.2 cm³/mol. The first-order chi connectivity index (χ1) is 10.0. The minimum Gasteiger partial charge on any atom is -0.362 e. The molecule has 0 radical (unpaired) electrons. The quantitative estimate of drug-likeness (QED) is 0.894. The molecule has 5 nitrogen and oxygen atoms in total. The molecule has 1 saturated heterocycles. The van der Waals surface area contributed by atoms with Gasteiger partial charge in [-0.2, -0.15) is 0 Å². The standard InChI is InChI=1S/C15H20N2O3S/c18-15(16-13-7-9-21(19,20)11-13)10-17-8-3-5-12-4-1-2-6-14(12)17/h1-2,4,6,13H,3,5,7-11H2,(H,16,18)/t13-/m0/s1. The van der Waals surface area contributed by atoms with Crippen LogP contribution in [0, 0.1) is 0 Å². The monoisotopic (exact) mass is 308 g/mol. The van der Waals surface area contributed by atoms with Gasteiger partial charge in [0.05, 0.1) is 18.1 Å². The highest BCUT2D eigenvalue weighted by Crippen LogP contribution is 2.26. The van der Waals surface area contributed by atoms with Crippen molar-refractivity contribution in [1.82, 2.24) is 5.32 Å². The number of hydrogen-bond acceptors (Lipinski definition) is 4. The zero-order chi connectivity index (χ0) is 14.9. The first-order valence-corrected chi connectivity index (χ1v) is 9.18. The number of nitrogens with one attached hydrogen (secondary N) is 1. The van der Waals surface area contributed by atoms with Gasteiger partial charge in [-0.05, 0) is 30.9 Å². The summed E-state index contributed by atoms with van der Waals surface area (Å²) in [6.45, 7) is 1.17. The molecule has 2 aliphatic rings. The molecule has 1 aromatic rings. The second-order valence-electron chi connectivity index (χ2n) is 5.82. The van der Waals surface area contributed by atoms with Gasteiger partial charge in [0.2, 0.25) is 5.91 Å². The molecule has 0 spiro atoms. The van der Waals surface area contributed by atoms with Gasteiger partial charge in [-0.3, -0.25) is 4.79 Å². The van der Waals surface area contributed by atoms with Gasteiger partial charge in [-0.15, -0.1) is 0 Å². The number of rotatable bonds is 3. The van der Waals surface area contributed by atoms with E-state index in [2.05, 4.69) is 16.3 Å². The highest BCUT2D eigenvalue weighted by atomic mass is 32.2. The summed E-state index contributed by atoms with van der Waals surface area (Å²) in [5.41, 5.74) is 2.40. The molecule has 6 heteroatoms. The molecule has 0 bridgehead atoms. The fraction of sp³-hybridized carbons (Fsp3) is 0.533. The fourth-order valence-corrected chi connectivity index (χ4v) is 4.80. The van der Waals surface area contributed by atoms with Crippen molar-refractivity contribution < 1.29 is 13.2 Å². The summed E-state index contributed by atoms with van der Waals surface area (Å²) < 4.78 is 22.8. The SMILES string of the molecule is O=C(CN1CCCc2ccccc21)N[C@H]1CCS(=O)(=O)C1. The van der Waals surface area contributed by atoms with Gasteiger partial charge in [0, 0.05) is 18.3 Å². The summed E-state index contributed by atoms with van der Waals surface area (Å²) in [4.78, 5) is 14.2. The second-order valence-corrected chi connectivity index (χ2v) is 8.05. The summed E-state index contributed by atoms with van der Waals surface area (Å²) in [7, 11) is -2.95. The number of benzene rings is 1. The lowest BCUT2D eigenvalue weighted by molar-refractivity contribution is -0.120. The van der Waals surface area contributed by atoms with E-state index in [4.69, 9.17) is 0 Å². The van der Waals surface area contributed by atoms with E-state index in [0.717, 1.165) is 25.1 Å². The van der Waals surface area contributed by atoms with Crippen molar-refractivity contribution >= 4 is 21.4 Å². The minimum absolute atomic E-state index is 0.0787. The first kappa shape index (κ1) is 14.4. The molecule has 0 aromatic heterocycles. The highest BCUT2D eigenvalue weighted by molar-refractivity contribution is 7.91. The van der Waals surface area contributed by atoms with Gasteiger partial charge in [-0.1, -0.05) is 18.2 Å². The van der Waals surface area contributed by atoms with E-state index in [1.54, 1.807) is 0 Å². The number of nitrogens with zero attached hydrogens (tertiary/aromatic N) is 1. The number of fused-ring (bicyclic) bond motifs is 1. The van der Waals surface area contributed by atoms with Crippen molar-refractivity contribution in [2.75, 3.05) is 29.5 Å². The van der Waals surface area contributed by atoms with Gasteiger partial charge in [-0.25, -0.2) is 8.42 Å². The molecular weight excluding hydrogens is 288 g/mol. The number of carbonyl (C=O) groups excluding carboxylic acids is 1. The zero-order valence-corrected chi connectivity index (χ0v) is 12.7. The Hall–Kier alpha value is -1.56. The van der Waals surface area contributed by atoms with Crippen molar-refractivity contribution in [2.24, 2.45) is 0 Å². The topological polar surface area (TPSA) is 66.5 Å². The van der Waals surface area contributed by atoms with E-state index in [1.165, 1.54) is 5.56 Å². The summed E-state index contributed by atoms with van der Waals surface area (Å²) in [6.07, 6.45) is 2.63. The Morgan fingerprint density at radius 1 is 1.33 bits per heavy atom. The lowest BCUT2D eigenvalue weighted by atomic mass is 10.0. The predicted octanol–water partition coefficient (Wildman–Crippen LogP) is 0.742. The number of amides is 1. The minimum atomic E-state index is -2.95. The van der Waals surface area contributed by atoms with Gasteiger partial charge in [0.25, 0.3) is 0 Å². The summed E-state index contributed by atoms with van der Waals surface area (Å²) in [5.74, 6) is 0.175. The number of carbonyl (C=O) groups is 1. The Morgan fingerprint density at radius 3 is 2.90 bits per heavy atom. The van der Waals surface area contributed by atoms with Crippen molar-refractivity contribution in [3.63, 3.8) is 0 Å². The molecule has 0 saturated carbocycles. The third-order valence-electron chi connectivity index (χ3n) is 4.14. The van der Waals surface area contributed by atoms with E-state index < -0.39 is 9.84 Å². The number of para-hydroxylation sites is 1. The molecule has 1 N–H and O–H groups in total. The molecule has 1 aromatic carbocycles. The summed E-state index contributed by atoms with van der Waals surface area (Å²) in [5, 5.41) is 2.85. The van der Waals surface area contributed by atoms with Gasteiger partial charge >= 0.3 is 0 Å². The van der Waals surface area contributed by atoms with E-state index >= 15 is 0 Å². The molecule has 21 heavy (non-hydrogen) atoms.